The van der Waals surface area contributed by atoms with E-state index in [-0.39, 0.29) is 11.4 Å². The summed E-state index contributed by atoms with van der Waals surface area (Å²) >= 11 is 0. The van der Waals surface area contributed by atoms with Gasteiger partial charge >= 0.3 is 6.03 Å². The number of nitrogens with one attached hydrogen (secondary N) is 3. The van der Waals surface area contributed by atoms with Gasteiger partial charge in [-0.05, 0) is 66.4 Å². The van der Waals surface area contributed by atoms with Gasteiger partial charge in [0.05, 0.1) is 6.20 Å². The number of aromatic nitrogens is 3. The average Bonchev–Trinajstić information content (AvgIpc) is 3.15. The van der Waals surface area contributed by atoms with Gasteiger partial charge < -0.3 is 10.6 Å². The second-order valence-electron chi connectivity index (χ2n) is 8.97. The summed E-state index contributed by atoms with van der Waals surface area (Å²) in [7, 11) is 0. The Labute approximate surface area is 182 Å². The minimum atomic E-state index is -0.270. The van der Waals surface area contributed by atoms with Crippen LogP contribution in [0.4, 0.5) is 16.2 Å². The Morgan fingerprint density at radius 1 is 0.903 bits per heavy atom. The highest BCUT2D eigenvalue weighted by Gasteiger charge is 2.19. The van der Waals surface area contributed by atoms with Gasteiger partial charge in [-0.2, -0.15) is 5.10 Å². The van der Waals surface area contributed by atoms with E-state index in [0.717, 1.165) is 50.4 Å². The van der Waals surface area contributed by atoms with E-state index in [4.69, 9.17) is 4.98 Å². The predicted octanol–water partition coefficient (Wildman–Crippen LogP) is 6.18. The lowest BCUT2D eigenvalue weighted by molar-refractivity contribution is 0.262. The molecule has 0 unspecified atom stereocenters. The fourth-order valence-electron chi connectivity index (χ4n) is 3.63. The van der Waals surface area contributed by atoms with Crippen molar-refractivity contribution in [2.24, 2.45) is 0 Å². The zero-order chi connectivity index (χ0) is 22.2. The number of hydrogen-bond donors (Lipinski definition) is 3. The molecule has 0 atom stereocenters. The lowest BCUT2D eigenvalue weighted by Crippen LogP contribution is -2.19. The molecule has 2 amide bonds. The number of carbonyl (C=O) groups excluding carboxylic acids is 1. The van der Waals surface area contributed by atoms with Crippen LogP contribution >= 0.6 is 0 Å². The molecule has 0 radical (unpaired) electrons. The Morgan fingerprint density at radius 3 is 2.19 bits per heavy atom. The smallest absolute Gasteiger partial charge is 0.308 e. The van der Waals surface area contributed by atoms with Crippen LogP contribution in [0, 0.1) is 13.8 Å². The number of hydrogen-bond acceptors (Lipinski definition) is 3. The lowest BCUT2D eigenvalue weighted by Gasteiger charge is -2.19. The third-order valence-electron chi connectivity index (χ3n) is 5.12. The molecular weight excluding hydrogens is 386 g/mol. The third kappa shape index (κ3) is 4.58. The minimum absolute atomic E-state index is 0.0816. The van der Waals surface area contributed by atoms with Crippen LogP contribution in [-0.4, -0.2) is 21.2 Å². The number of rotatable bonds is 3. The number of pyridine rings is 1. The topological polar surface area (TPSA) is 82.7 Å². The fourth-order valence-corrected chi connectivity index (χ4v) is 3.63. The Hall–Kier alpha value is -3.67. The predicted molar refractivity (Wildman–Crippen MR) is 127 cm³/mol. The highest BCUT2D eigenvalue weighted by atomic mass is 16.2. The van der Waals surface area contributed by atoms with Crippen molar-refractivity contribution in [3.63, 3.8) is 0 Å². The number of carbonyl (C=O) groups is 1. The standard InChI is InChI=1S/C25H27N5O/c1-15-10-16(2)12-19(11-15)28-24(31)27-18-8-6-17(7-9-18)20-13-22(25(3,4)5)29-23-21(20)14-26-30-23/h6-14H,1-5H3,(H,26,29,30)(H2,27,28,31). The molecular formula is C25H27N5O. The van der Waals surface area contributed by atoms with E-state index in [2.05, 4.69) is 53.7 Å². The molecule has 0 aliphatic rings. The van der Waals surface area contributed by atoms with E-state index >= 15 is 0 Å². The number of amides is 2. The third-order valence-corrected chi connectivity index (χ3v) is 5.12. The summed E-state index contributed by atoms with van der Waals surface area (Å²) in [5.74, 6) is 0. The molecule has 4 aromatic rings. The van der Waals surface area contributed by atoms with Crippen molar-refractivity contribution in [2.75, 3.05) is 10.6 Å². The Morgan fingerprint density at radius 2 is 1.55 bits per heavy atom. The van der Waals surface area contributed by atoms with E-state index in [9.17, 15) is 4.79 Å². The highest BCUT2D eigenvalue weighted by molar-refractivity contribution is 6.00. The fraction of sp³-hybridized carbons (Fsp3) is 0.240. The summed E-state index contributed by atoms with van der Waals surface area (Å²) in [5, 5.41) is 13.9. The van der Waals surface area contributed by atoms with Gasteiger partial charge in [0.25, 0.3) is 0 Å². The number of fused-ring (bicyclic) bond motifs is 1. The van der Waals surface area contributed by atoms with E-state index in [1.807, 2.05) is 50.2 Å². The number of aryl methyl sites for hydroxylation is 2. The zero-order valence-electron chi connectivity index (χ0n) is 18.5. The summed E-state index contributed by atoms with van der Waals surface area (Å²) in [6.07, 6.45) is 1.80. The zero-order valence-corrected chi connectivity index (χ0v) is 18.5. The van der Waals surface area contributed by atoms with Crippen LogP contribution in [0.5, 0.6) is 0 Å². The number of anilines is 2. The first-order valence-corrected chi connectivity index (χ1v) is 10.3. The SMILES string of the molecule is Cc1cc(C)cc(NC(=O)Nc2ccc(-c3cc(C(C)(C)C)nc4[nH]ncc34)cc2)c1. The van der Waals surface area contributed by atoms with Gasteiger partial charge in [0.1, 0.15) is 0 Å². The number of urea groups is 1. The van der Waals surface area contributed by atoms with E-state index in [1.165, 1.54) is 0 Å². The van der Waals surface area contributed by atoms with Gasteiger partial charge in [-0.25, -0.2) is 9.78 Å². The van der Waals surface area contributed by atoms with Crippen molar-refractivity contribution in [3.05, 3.63) is 71.5 Å². The molecule has 0 saturated carbocycles. The minimum Gasteiger partial charge on any atom is -0.308 e. The van der Waals surface area contributed by atoms with Crippen LogP contribution in [0.15, 0.2) is 54.7 Å². The van der Waals surface area contributed by atoms with Crippen LogP contribution in [-0.2, 0) is 5.41 Å². The number of benzene rings is 2. The summed E-state index contributed by atoms with van der Waals surface area (Å²) in [6, 6.07) is 15.6. The van der Waals surface area contributed by atoms with Gasteiger partial charge in [0.15, 0.2) is 5.65 Å². The van der Waals surface area contributed by atoms with Crippen molar-refractivity contribution in [1.29, 1.82) is 0 Å². The van der Waals surface area contributed by atoms with Gasteiger partial charge in [-0.3, -0.25) is 5.10 Å². The molecule has 0 saturated heterocycles. The van der Waals surface area contributed by atoms with E-state index < -0.39 is 0 Å². The van der Waals surface area contributed by atoms with Gasteiger partial charge in [0, 0.05) is 27.9 Å². The average molecular weight is 414 g/mol. The maximum atomic E-state index is 12.4. The van der Waals surface area contributed by atoms with Crippen molar-refractivity contribution >= 4 is 28.4 Å². The first-order valence-electron chi connectivity index (χ1n) is 10.3. The van der Waals surface area contributed by atoms with Crippen LogP contribution in [0.25, 0.3) is 22.2 Å². The first-order chi connectivity index (χ1) is 14.7. The van der Waals surface area contributed by atoms with Crippen LogP contribution < -0.4 is 10.6 Å². The van der Waals surface area contributed by atoms with E-state index in [1.54, 1.807) is 6.20 Å². The molecule has 3 N–H and O–H groups in total. The van der Waals surface area contributed by atoms with Crippen molar-refractivity contribution in [3.8, 4) is 11.1 Å². The summed E-state index contributed by atoms with van der Waals surface area (Å²) in [4.78, 5) is 17.1. The quantitative estimate of drug-likeness (QED) is 0.375. The molecule has 2 aromatic carbocycles. The second kappa shape index (κ2) is 7.87. The maximum absolute atomic E-state index is 12.4. The molecule has 0 spiro atoms. The van der Waals surface area contributed by atoms with Crippen LogP contribution in [0.2, 0.25) is 0 Å². The molecule has 0 bridgehead atoms. The summed E-state index contributed by atoms with van der Waals surface area (Å²) in [6.45, 7) is 10.4. The molecule has 2 heterocycles. The van der Waals surface area contributed by atoms with Crippen molar-refractivity contribution in [1.82, 2.24) is 15.2 Å². The largest absolute Gasteiger partial charge is 0.323 e. The van der Waals surface area contributed by atoms with Gasteiger partial charge in [-0.1, -0.05) is 39.0 Å². The number of aromatic amines is 1. The Bertz CT molecular complexity index is 1230. The Balaban J connectivity index is 1.56. The van der Waals surface area contributed by atoms with Gasteiger partial charge in [-0.15, -0.1) is 0 Å². The van der Waals surface area contributed by atoms with Crippen molar-refractivity contribution in [2.45, 2.75) is 40.0 Å². The molecule has 31 heavy (non-hydrogen) atoms. The molecule has 6 nitrogen and oxygen atoms in total. The van der Waals surface area contributed by atoms with Crippen LogP contribution in [0.1, 0.15) is 37.6 Å². The molecule has 4 rings (SSSR count). The molecule has 0 aliphatic carbocycles. The molecule has 0 fully saturated rings. The van der Waals surface area contributed by atoms with E-state index in [0.29, 0.717) is 0 Å². The summed E-state index contributed by atoms with van der Waals surface area (Å²) in [5.41, 5.74) is 7.51. The Kier molecular flexibility index (Phi) is 5.23. The monoisotopic (exact) mass is 413 g/mol. The van der Waals surface area contributed by atoms with Crippen LogP contribution in [0.3, 0.4) is 0 Å². The first kappa shape index (κ1) is 20.6. The van der Waals surface area contributed by atoms with Gasteiger partial charge in [0.2, 0.25) is 0 Å². The lowest BCUT2D eigenvalue weighted by atomic mass is 9.89. The molecule has 2 aromatic heterocycles. The maximum Gasteiger partial charge on any atom is 0.323 e. The highest BCUT2D eigenvalue weighted by Crippen LogP contribution is 2.32. The molecule has 158 valence electrons. The number of nitrogens with zero attached hydrogens (tertiary/aromatic N) is 2. The molecule has 6 heteroatoms. The number of H-pyrrole nitrogens is 1. The van der Waals surface area contributed by atoms with Crippen molar-refractivity contribution < 1.29 is 4.79 Å². The normalized spacial score (nSPS) is 11.5. The second-order valence-corrected chi connectivity index (χ2v) is 8.97. The molecule has 0 aliphatic heterocycles. The summed E-state index contributed by atoms with van der Waals surface area (Å²) < 4.78 is 0.